The van der Waals surface area contributed by atoms with Crippen molar-refractivity contribution < 1.29 is 14.3 Å². The van der Waals surface area contributed by atoms with Crippen LogP contribution in [-0.2, 0) is 10.2 Å². The Balaban J connectivity index is 1.76. The van der Waals surface area contributed by atoms with Gasteiger partial charge in [-0.3, -0.25) is 0 Å². The second kappa shape index (κ2) is 6.88. The standard InChI is InChI=1S/C22H26N4O3S/c1-12-10-13(2)25-19-15(12)16-17(30-19)22(14(11-23)18(24)28-16)6-8-26(9-7-22)20(27)29-21(3,4)5/h10H,6-9,24H2,1-5H3. The van der Waals surface area contributed by atoms with Gasteiger partial charge in [-0.05, 0) is 59.1 Å². The molecule has 0 aliphatic carbocycles. The fourth-order valence-electron chi connectivity index (χ4n) is 4.37. The number of aryl methyl sites for hydroxylation is 2. The van der Waals surface area contributed by atoms with E-state index in [1.54, 1.807) is 16.2 Å². The predicted molar refractivity (Wildman–Crippen MR) is 115 cm³/mol. The molecular formula is C22H26N4O3S. The zero-order valence-corrected chi connectivity index (χ0v) is 18.8. The molecule has 1 amide bonds. The molecule has 8 heteroatoms. The lowest BCUT2D eigenvalue weighted by molar-refractivity contribution is 0.0178. The SMILES string of the molecule is Cc1cc(C)c2c3c(sc2n1)C1(CCN(C(=O)OC(C)(C)C)CC1)C(C#N)=C(N)O3. The first-order chi connectivity index (χ1) is 14.1. The maximum atomic E-state index is 12.5. The Morgan fingerprint density at radius 3 is 2.63 bits per heavy atom. The van der Waals surface area contributed by atoms with Crippen molar-refractivity contribution in [3.63, 3.8) is 0 Å². The normalized spacial score (nSPS) is 18.2. The lowest BCUT2D eigenvalue weighted by Crippen LogP contribution is -2.48. The van der Waals surface area contributed by atoms with Gasteiger partial charge < -0.3 is 20.1 Å². The van der Waals surface area contributed by atoms with E-state index in [9.17, 15) is 10.1 Å². The number of nitriles is 1. The Morgan fingerprint density at radius 2 is 2.03 bits per heavy atom. The van der Waals surface area contributed by atoms with E-state index >= 15 is 0 Å². The molecule has 0 radical (unpaired) electrons. The van der Waals surface area contributed by atoms with Crippen molar-refractivity contribution in [2.45, 2.75) is 58.5 Å². The molecule has 2 aromatic rings. The summed E-state index contributed by atoms with van der Waals surface area (Å²) in [6, 6.07) is 4.31. The zero-order valence-electron chi connectivity index (χ0n) is 18.0. The third-order valence-corrected chi connectivity index (χ3v) is 6.96. The minimum atomic E-state index is -0.573. The summed E-state index contributed by atoms with van der Waals surface area (Å²) in [5.74, 6) is 0.859. The number of allylic oxidation sites excluding steroid dienone is 1. The van der Waals surface area contributed by atoms with Crippen molar-refractivity contribution >= 4 is 27.6 Å². The quantitative estimate of drug-likeness (QED) is 0.675. The van der Waals surface area contributed by atoms with Crippen LogP contribution in [-0.4, -0.2) is 34.7 Å². The fourth-order valence-corrected chi connectivity index (χ4v) is 5.85. The third-order valence-electron chi connectivity index (χ3n) is 5.70. The van der Waals surface area contributed by atoms with Gasteiger partial charge in [0.05, 0.1) is 15.7 Å². The molecule has 0 aromatic carbocycles. The van der Waals surface area contributed by atoms with Gasteiger partial charge >= 0.3 is 6.09 Å². The summed E-state index contributed by atoms with van der Waals surface area (Å²) in [4.78, 5) is 20.8. The number of nitrogens with zero attached hydrogens (tertiary/aromatic N) is 3. The van der Waals surface area contributed by atoms with E-state index in [1.165, 1.54) is 0 Å². The van der Waals surface area contributed by atoms with Crippen LogP contribution in [0.25, 0.3) is 10.2 Å². The number of rotatable bonds is 0. The molecule has 1 fully saturated rings. The number of piperidine rings is 1. The number of likely N-dealkylation sites (tertiary alicyclic amines) is 1. The number of nitrogens with two attached hydrogens (primary N) is 1. The highest BCUT2D eigenvalue weighted by Crippen LogP contribution is 2.55. The summed E-state index contributed by atoms with van der Waals surface area (Å²) in [6.07, 6.45) is 0.832. The van der Waals surface area contributed by atoms with Crippen LogP contribution in [0.2, 0.25) is 0 Å². The Hall–Kier alpha value is -2.79. The van der Waals surface area contributed by atoms with Gasteiger partial charge in [0.25, 0.3) is 0 Å². The van der Waals surface area contributed by atoms with Crippen molar-refractivity contribution in [3.05, 3.63) is 33.7 Å². The Bertz CT molecular complexity index is 1110. The molecule has 4 heterocycles. The topological polar surface area (TPSA) is 101 Å². The van der Waals surface area contributed by atoms with Crippen LogP contribution >= 0.6 is 11.3 Å². The Kier molecular flexibility index (Phi) is 4.70. The first kappa shape index (κ1) is 20.5. The lowest BCUT2D eigenvalue weighted by atomic mass is 9.70. The number of carbonyl (C=O) groups is 1. The molecule has 1 spiro atoms. The average Bonchev–Trinajstić information content (AvgIpc) is 3.00. The molecule has 2 aliphatic heterocycles. The first-order valence-corrected chi connectivity index (χ1v) is 10.8. The van der Waals surface area contributed by atoms with E-state index in [0.29, 0.717) is 37.3 Å². The molecule has 4 rings (SSSR count). The number of hydrogen-bond acceptors (Lipinski definition) is 7. The Morgan fingerprint density at radius 1 is 1.37 bits per heavy atom. The summed E-state index contributed by atoms with van der Waals surface area (Å²) < 4.78 is 11.5. The summed E-state index contributed by atoms with van der Waals surface area (Å²) in [5, 5.41) is 10.9. The van der Waals surface area contributed by atoms with E-state index in [0.717, 1.165) is 26.4 Å². The lowest BCUT2D eigenvalue weighted by Gasteiger charge is -2.43. The van der Waals surface area contributed by atoms with Crippen LogP contribution in [0.1, 0.15) is 49.7 Å². The maximum Gasteiger partial charge on any atom is 0.410 e. The van der Waals surface area contributed by atoms with Gasteiger partial charge in [0.1, 0.15) is 22.1 Å². The monoisotopic (exact) mass is 426 g/mol. The van der Waals surface area contributed by atoms with Gasteiger partial charge in [-0.25, -0.2) is 9.78 Å². The Labute approximate surface area is 180 Å². The zero-order chi connectivity index (χ0) is 21.8. The number of fused-ring (bicyclic) bond motifs is 4. The number of amides is 1. The van der Waals surface area contributed by atoms with Crippen molar-refractivity contribution in [2.75, 3.05) is 13.1 Å². The van der Waals surface area contributed by atoms with Gasteiger partial charge in [0.2, 0.25) is 5.88 Å². The van der Waals surface area contributed by atoms with E-state index < -0.39 is 11.0 Å². The average molecular weight is 427 g/mol. The van der Waals surface area contributed by atoms with Gasteiger partial charge in [0.15, 0.2) is 5.75 Å². The number of aromatic nitrogens is 1. The fraction of sp³-hybridized carbons (Fsp3) is 0.500. The number of pyridine rings is 1. The molecule has 158 valence electrons. The first-order valence-electron chi connectivity index (χ1n) is 10.0. The van der Waals surface area contributed by atoms with E-state index in [-0.39, 0.29) is 12.0 Å². The molecule has 2 aliphatic rings. The summed E-state index contributed by atoms with van der Waals surface area (Å²) >= 11 is 1.56. The van der Waals surface area contributed by atoms with E-state index in [1.807, 2.05) is 40.7 Å². The molecule has 0 bridgehead atoms. The molecule has 0 atom stereocenters. The van der Waals surface area contributed by atoms with Crippen molar-refractivity contribution in [1.29, 1.82) is 5.26 Å². The summed E-state index contributed by atoms with van der Waals surface area (Å²) in [7, 11) is 0. The smallest absolute Gasteiger partial charge is 0.410 e. The van der Waals surface area contributed by atoms with Gasteiger partial charge in [-0.2, -0.15) is 5.26 Å². The van der Waals surface area contributed by atoms with Gasteiger partial charge in [-0.1, -0.05) is 0 Å². The van der Waals surface area contributed by atoms with Crippen molar-refractivity contribution in [3.8, 4) is 11.8 Å². The van der Waals surface area contributed by atoms with E-state index in [4.69, 9.17) is 20.2 Å². The summed E-state index contributed by atoms with van der Waals surface area (Å²) in [5.41, 5.74) is 7.57. The predicted octanol–water partition coefficient (Wildman–Crippen LogP) is 4.27. The minimum Gasteiger partial charge on any atom is -0.444 e. The van der Waals surface area contributed by atoms with Crippen LogP contribution in [0.4, 0.5) is 4.79 Å². The highest BCUT2D eigenvalue weighted by Gasteiger charge is 2.49. The highest BCUT2D eigenvalue weighted by molar-refractivity contribution is 7.19. The molecule has 0 saturated carbocycles. The van der Waals surface area contributed by atoms with Crippen LogP contribution in [0.15, 0.2) is 17.5 Å². The summed E-state index contributed by atoms with van der Waals surface area (Å²) in [6.45, 7) is 10.5. The molecule has 0 unspecified atom stereocenters. The molecule has 7 nitrogen and oxygen atoms in total. The second-order valence-electron chi connectivity index (χ2n) is 9.02. The van der Waals surface area contributed by atoms with Crippen LogP contribution in [0.3, 0.4) is 0 Å². The van der Waals surface area contributed by atoms with E-state index in [2.05, 4.69) is 6.07 Å². The van der Waals surface area contributed by atoms with Crippen molar-refractivity contribution in [2.24, 2.45) is 5.73 Å². The van der Waals surface area contributed by atoms with Crippen LogP contribution in [0, 0.1) is 25.2 Å². The van der Waals surface area contributed by atoms with Crippen LogP contribution in [0.5, 0.6) is 5.75 Å². The van der Waals surface area contributed by atoms with Crippen molar-refractivity contribution in [1.82, 2.24) is 9.88 Å². The highest BCUT2D eigenvalue weighted by atomic mass is 32.1. The maximum absolute atomic E-state index is 12.5. The van der Waals surface area contributed by atoms with Gasteiger partial charge in [0, 0.05) is 18.8 Å². The molecule has 2 aromatic heterocycles. The third kappa shape index (κ3) is 3.18. The minimum absolute atomic E-state index is 0.149. The molecule has 1 saturated heterocycles. The molecular weight excluding hydrogens is 400 g/mol. The number of hydrogen-bond donors (Lipinski definition) is 1. The number of carbonyl (C=O) groups excluding carboxylic acids is 1. The van der Waals surface area contributed by atoms with Gasteiger partial charge in [-0.15, -0.1) is 11.3 Å². The molecule has 2 N–H and O–H groups in total. The number of ether oxygens (including phenoxy) is 2. The second-order valence-corrected chi connectivity index (χ2v) is 10.0. The van der Waals surface area contributed by atoms with Crippen LogP contribution < -0.4 is 10.5 Å². The molecule has 30 heavy (non-hydrogen) atoms. The largest absolute Gasteiger partial charge is 0.444 e. The number of thiophene rings is 1.